The molecular formula is C28H45ClN4O5. The summed E-state index contributed by atoms with van der Waals surface area (Å²) < 4.78 is 12.6. The van der Waals surface area contributed by atoms with Gasteiger partial charge in [0.1, 0.15) is 5.69 Å². The normalized spacial score (nSPS) is 21.7. The lowest BCUT2D eigenvalue weighted by Crippen LogP contribution is -2.56. The minimum atomic E-state index is -0.157. The molecule has 1 aromatic rings. The Kier molecular flexibility index (Phi) is 11.6. The Bertz CT molecular complexity index is 959. The lowest BCUT2D eigenvalue weighted by atomic mass is 9.92. The van der Waals surface area contributed by atoms with Crippen LogP contribution in [0.2, 0.25) is 0 Å². The summed E-state index contributed by atoms with van der Waals surface area (Å²) in [5.41, 5.74) is 2.33. The molecular weight excluding hydrogens is 508 g/mol. The quantitative estimate of drug-likeness (QED) is 0.449. The molecule has 3 aliphatic rings. The molecule has 10 heteroatoms. The van der Waals surface area contributed by atoms with Crippen molar-refractivity contribution in [1.82, 2.24) is 19.7 Å². The molecule has 0 aromatic carbocycles. The largest absolute Gasteiger partial charge is 0.385 e. The summed E-state index contributed by atoms with van der Waals surface area (Å²) in [6, 6.07) is 1.88. The van der Waals surface area contributed by atoms with E-state index < -0.39 is 0 Å². The number of piperidine rings is 1. The summed E-state index contributed by atoms with van der Waals surface area (Å²) in [4.78, 5) is 44.3. The lowest BCUT2D eigenvalue weighted by molar-refractivity contribution is -0.140. The molecule has 0 saturated carbocycles. The topological polar surface area (TPSA) is 93.1 Å². The van der Waals surface area contributed by atoms with Gasteiger partial charge < -0.3 is 29.2 Å². The van der Waals surface area contributed by atoms with Crippen molar-refractivity contribution >= 4 is 30.0 Å². The van der Waals surface area contributed by atoms with Crippen molar-refractivity contribution in [3.8, 4) is 0 Å². The van der Waals surface area contributed by atoms with Gasteiger partial charge in [-0.15, -0.1) is 12.4 Å². The standard InChI is InChI=1S/C28H44N4O5.ClH/c1-20(2)19-32(23-15-22(17-29-18-23)27(34)30-10-13-37-14-11-30)28(35)24-16-21-7-6-8-25(33)26(21)31(24)9-4-5-12-36-3;/h16,20,22-23,29H,4-15,17-19H2,1-3H3;1H/t22-,23+;/m1./s1. The Balaban J connectivity index is 0.00000400. The van der Waals surface area contributed by atoms with Crippen molar-refractivity contribution < 1.29 is 23.9 Å². The smallest absolute Gasteiger partial charge is 0.270 e. The number of ether oxygens (including phenoxy) is 2. The van der Waals surface area contributed by atoms with Crippen molar-refractivity contribution in [2.24, 2.45) is 11.8 Å². The summed E-state index contributed by atoms with van der Waals surface area (Å²) in [7, 11) is 1.69. The van der Waals surface area contributed by atoms with Gasteiger partial charge in [0.05, 0.1) is 24.8 Å². The van der Waals surface area contributed by atoms with E-state index in [1.807, 2.05) is 20.4 Å². The lowest BCUT2D eigenvalue weighted by Gasteiger charge is -2.40. The molecule has 0 bridgehead atoms. The first-order valence-electron chi connectivity index (χ1n) is 14.0. The van der Waals surface area contributed by atoms with E-state index >= 15 is 0 Å². The summed E-state index contributed by atoms with van der Waals surface area (Å²) in [5, 5.41) is 3.44. The van der Waals surface area contributed by atoms with Crippen LogP contribution in [0.25, 0.3) is 0 Å². The van der Waals surface area contributed by atoms with Crippen molar-refractivity contribution in [3.05, 3.63) is 23.0 Å². The second-order valence-electron chi connectivity index (χ2n) is 11.1. The molecule has 0 radical (unpaired) electrons. The molecule has 1 aliphatic carbocycles. The molecule has 2 fully saturated rings. The van der Waals surface area contributed by atoms with Gasteiger partial charge in [0.2, 0.25) is 5.91 Å². The number of carbonyl (C=O) groups excluding carboxylic acids is 3. The molecule has 3 heterocycles. The highest BCUT2D eigenvalue weighted by Gasteiger charge is 2.37. The number of ketones is 1. The van der Waals surface area contributed by atoms with Gasteiger partial charge in [-0.3, -0.25) is 14.4 Å². The maximum Gasteiger partial charge on any atom is 0.270 e. The van der Waals surface area contributed by atoms with Crippen molar-refractivity contribution in [3.63, 3.8) is 0 Å². The van der Waals surface area contributed by atoms with E-state index in [-0.39, 0.29) is 47.9 Å². The Morgan fingerprint density at radius 1 is 1.18 bits per heavy atom. The van der Waals surface area contributed by atoms with Crippen LogP contribution in [-0.2, 0) is 27.2 Å². The van der Waals surface area contributed by atoms with Crippen LogP contribution in [0.3, 0.4) is 0 Å². The molecule has 2 aliphatic heterocycles. The van der Waals surface area contributed by atoms with Gasteiger partial charge in [-0.05, 0) is 49.7 Å². The molecule has 38 heavy (non-hydrogen) atoms. The van der Waals surface area contributed by atoms with Crippen molar-refractivity contribution in [1.29, 1.82) is 0 Å². The zero-order valence-electron chi connectivity index (χ0n) is 23.2. The number of methoxy groups -OCH3 is 1. The Morgan fingerprint density at radius 3 is 2.66 bits per heavy atom. The number of amides is 2. The number of nitrogens with one attached hydrogen (secondary N) is 1. The van der Waals surface area contributed by atoms with Crippen molar-refractivity contribution in [2.45, 2.75) is 65.0 Å². The monoisotopic (exact) mass is 552 g/mol. The Labute approximate surface area is 233 Å². The maximum absolute atomic E-state index is 14.2. The van der Waals surface area contributed by atoms with Gasteiger partial charge in [-0.1, -0.05) is 13.8 Å². The number of hydrogen-bond donors (Lipinski definition) is 1. The maximum atomic E-state index is 14.2. The fourth-order valence-electron chi connectivity index (χ4n) is 5.93. The van der Waals surface area contributed by atoms with Gasteiger partial charge in [0.15, 0.2) is 5.78 Å². The number of morpholine rings is 1. The zero-order chi connectivity index (χ0) is 26.4. The molecule has 4 rings (SSSR count). The number of aryl methyl sites for hydroxylation is 1. The SMILES string of the molecule is COCCCCn1c(C(=O)N(CC(C)C)[C@@H]2CNC[C@H](C(=O)N3CCOCC3)C2)cc2c1C(=O)CCC2.Cl. The number of hydrogen-bond acceptors (Lipinski definition) is 6. The molecule has 1 aromatic heterocycles. The number of nitrogens with zero attached hydrogens (tertiary/aromatic N) is 3. The van der Waals surface area contributed by atoms with Crippen LogP contribution < -0.4 is 5.32 Å². The second-order valence-corrected chi connectivity index (χ2v) is 11.1. The number of aromatic nitrogens is 1. The van der Waals surface area contributed by atoms with E-state index in [0.29, 0.717) is 77.6 Å². The number of carbonyl (C=O) groups is 3. The highest BCUT2D eigenvalue weighted by atomic mass is 35.5. The third-order valence-corrected chi connectivity index (χ3v) is 7.75. The Hall–Kier alpha value is -1.94. The van der Waals surface area contributed by atoms with E-state index in [9.17, 15) is 14.4 Å². The van der Waals surface area contributed by atoms with Crippen molar-refractivity contribution in [2.75, 3.05) is 59.7 Å². The average Bonchev–Trinajstić information content (AvgIpc) is 3.29. The van der Waals surface area contributed by atoms with Crippen LogP contribution in [0.15, 0.2) is 6.07 Å². The first-order chi connectivity index (χ1) is 17.9. The van der Waals surface area contributed by atoms with E-state index in [4.69, 9.17) is 9.47 Å². The van der Waals surface area contributed by atoms with Crippen LogP contribution in [0.4, 0.5) is 0 Å². The average molecular weight is 553 g/mol. The molecule has 0 spiro atoms. The minimum Gasteiger partial charge on any atom is -0.385 e. The van der Waals surface area contributed by atoms with Crippen LogP contribution in [0.1, 0.15) is 72.5 Å². The molecule has 9 nitrogen and oxygen atoms in total. The third kappa shape index (κ3) is 7.17. The van der Waals surface area contributed by atoms with Gasteiger partial charge >= 0.3 is 0 Å². The van der Waals surface area contributed by atoms with Crippen LogP contribution in [-0.4, -0.2) is 97.7 Å². The first-order valence-corrected chi connectivity index (χ1v) is 14.0. The van der Waals surface area contributed by atoms with Gasteiger partial charge in [0, 0.05) is 65.4 Å². The predicted octanol–water partition coefficient (Wildman–Crippen LogP) is 2.79. The van der Waals surface area contributed by atoms with Gasteiger partial charge in [0.25, 0.3) is 5.91 Å². The first kappa shape index (κ1) is 30.6. The molecule has 0 unspecified atom stereocenters. The summed E-state index contributed by atoms with van der Waals surface area (Å²) in [5.74, 6) is 0.377. The van der Waals surface area contributed by atoms with E-state index in [1.165, 1.54) is 0 Å². The van der Waals surface area contributed by atoms with Crippen LogP contribution >= 0.6 is 12.4 Å². The zero-order valence-corrected chi connectivity index (χ0v) is 24.0. The molecule has 2 amide bonds. The van der Waals surface area contributed by atoms with Gasteiger partial charge in [-0.2, -0.15) is 0 Å². The minimum absolute atomic E-state index is 0. The number of halogens is 1. The Morgan fingerprint density at radius 2 is 1.95 bits per heavy atom. The number of unbranched alkanes of at least 4 members (excludes halogenated alkanes) is 1. The van der Waals surface area contributed by atoms with Crippen LogP contribution in [0, 0.1) is 11.8 Å². The molecule has 2 saturated heterocycles. The number of rotatable bonds is 10. The highest BCUT2D eigenvalue weighted by molar-refractivity contribution is 6.01. The molecule has 214 valence electrons. The van der Waals surface area contributed by atoms with Gasteiger partial charge in [-0.25, -0.2) is 0 Å². The van der Waals surface area contributed by atoms with Crippen LogP contribution in [0.5, 0.6) is 0 Å². The number of Topliss-reactive ketones (excluding diaryl/α,β-unsaturated/α-hetero) is 1. The summed E-state index contributed by atoms with van der Waals surface area (Å²) in [6.45, 7) is 9.85. The summed E-state index contributed by atoms with van der Waals surface area (Å²) >= 11 is 0. The fraction of sp³-hybridized carbons (Fsp3) is 0.750. The highest BCUT2D eigenvalue weighted by Crippen LogP contribution is 2.29. The van der Waals surface area contributed by atoms with E-state index in [0.717, 1.165) is 36.9 Å². The molecule has 1 N–H and O–H groups in total. The second kappa shape index (κ2) is 14.4. The number of fused-ring (bicyclic) bond motifs is 1. The van der Waals surface area contributed by atoms with E-state index in [1.54, 1.807) is 7.11 Å². The molecule has 2 atom stereocenters. The van der Waals surface area contributed by atoms with E-state index in [2.05, 4.69) is 19.2 Å². The summed E-state index contributed by atoms with van der Waals surface area (Å²) in [6.07, 6.45) is 4.57. The predicted molar refractivity (Wildman–Crippen MR) is 148 cm³/mol. The third-order valence-electron chi connectivity index (χ3n) is 7.75. The fourth-order valence-corrected chi connectivity index (χ4v) is 5.93.